The summed E-state index contributed by atoms with van der Waals surface area (Å²) in [5.41, 5.74) is 2.44. The van der Waals surface area contributed by atoms with Crippen LogP contribution in [0.15, 0.2) is 36.4 Å². The minimum Gasteiger partial charge on any atom is -0.338 e. The molecule has 1 aliphatic carbocycles. The topological polar surface area (TPSA) is 37.4 Å². The first-order chi connectivity index (χ1) is 10.6. The highest BCUT2D eigenvalue weighted by Gasteiger charge is 2.33. The van der Waals surface area contributed by atoms with E-state index in [-0.39, 0.29) is 17.7 Å². The van der Waals surface area contributed by atoms with Gasteiger partial charge in [-0.3, -0.25) is 9.59 Å². The van der Waals surface area contributed by atoms with E-state index in [2.05, 4.69) is 18.2 Å². The molecular weight excluding hydrogens is 274 g/mol. The molecule has 2 aliphatic rings. The van der Waals surface area contributed by atoms with Crippen LogP contribution in [0.2, 0.25) is 0 Å². The molecule has 3 heteroatoms. The van der Waals surface area contributed by atoms with Crippen molar-refractivity contribution >= 4 is 17.3 Å². The van der Waals surface area contributed by atoms with Crippen LogP contribution in [0.3, 0.4) is 0 Å². The molecule has 1 fully saturated rings. The molecule has 1 heterocycles. The van der Waals surface area contributed by atoms with Crippen LogP contribution in [0.5, 0.6) is 0 Å². The first-order valence-electron chi connectivity index (χ1n) is 8.21. The third kappa shape index (κ3) is 3.13. The number of ketones is 1. The number of benzene rings is 1. The van der Waals surface area contributed by atoms with Crippen molar-refractivity contribution in [1.82, 2.24) is 4.90 Å². The van der Waals surface area contributed by atoms with Crippen LogP contribution in [0.25, 0.3) is 5.57 Å². The molecule has 0 bridgehead atoms. The molecule has 0 radical (unpaired) electrons. The van der Waals surface area contributed by atoms with Crippen LogP contribution in [0.1, 0.15) is 38.2 Å². The predicted octanol–water partition coefficient (Wildman–Crippen LogP) is 3.31. The van der Waals surface area contributed by atoms with Crippen molar-refractivity contribution in [1.29, 1.82) is 0 Å². The second kappa shape index (κ2) is 6.47. The van der Waals surface area contributed by atoms with Gasteiger partial charge in [0.2, 0.25) is 5.91 Å². The Morgan fingerprint density at radius 2 is 2.00 bits per heavy atom. The molecule has 0 saturated heterocycles. The SMILES string of the molecule is CC1CC(C(=O)N2CCC=C(c3ccccc3)C2)CCC1=O. The fourth-order valence-corrected chi connectivity index (χ4v) is 3.51. The zero-order valence-electron chi connectivity index (χ0n) is 13.1. The Morgan fingerprint density at radius 1 is 1.23 bits per heavy atom. The zero-order valence-corrected chi connectivity index (χ0v) is 13.1. The van der Waals surface area contributed by atoms with Gasteiger partial charge in [-0.2, -0.15) is 0 Å². The summed E-state index contributed by atoms with van der Waals surface area (Å²) < 4.78 is 0. The third-order valence-corrected chi connectivity index (χ3v) is 4.88. The molecule has 116 valence electrons. The van der Waals surface area contributed by atoms with Crippen LogP contribution in [-0.4, -0.2) is 29.7 Å². The summed E-state index contributed by atoms with van der Waals surface area (Å²) in [7, 11) is 0. The number of carbonyl (C=O) groups excluding carboxylic acids is 2. The average molecular weight is 297 g/mol. The van der Waals surface area contributed by atoms with E-state index in [4.69, 9.17) is 0 Å². The van der Waals surface area contributed by atoms with Gasteiger partial charge in [-0.25, -0.2) is 0 Å². The van der Waals surface area contributed by atoms with E-state index in [0.29, 0.717) is 18.7 Å². The van der Waals surface area contributed by atoms with Crippen molar-refractivity contribution in [3.63, 3.8) is 0 Å². The number of carbonyl (C=O) groups is 2. The van der Waals surface area contributed by atoms with Gasteiger partial charge < -0.3 is 4.90 Å². The Hall–Kier alpha value is -1.90. The van der Waals surface area contributed by atoms with Gasteiger partial charge in [0.25, 0.3) is 0 Å². The molecule has 1 saturated carbocycles. The van der Waals surface area contributed by atoms with Gasteiger partial charge in [-0.1, -0.05) is 43.3 Å². The molecule has 1 aromatic rings. The van der Waals surface area contributed by atoms with Crippen molar-refractivity contribution in [2.24, 2.45) is 11.8 Å². The lowest BCUT2D eigenvalue weighted by molar-refractivity contribution is -0.138. The largest absolute Gasteiger partial charge is 0.338 e. The minimum atomic E-state index is 0.0304. The Kier molecular flexibility index (Phi) is 4.41. The number of hydrogen-bond acceptors (Lipinski definition) is 2. The maximum atomic E-state index is 12.8. The highest BCUT2D eigenvalue weighted by molar-refractivity contribution is 5.87. The molecule has 3 rings (SSSR count). The summed E-state index contributed by atoms with van der Waals surface area (Å²) in [4.78, 5) is 26.4. The lowest BCUT2D eigenvalue weighted by Crippen LogP contribution is -2.41. The highest BCUT2D eigenvalue weighted by Crippen LogP contribution is 2.29. The van der Waals surface area contributed by atoms with Gasteiger partial charge in [0, 0.05) is 31.3 Å². The lowest BCUT2D eigenvalue weighted by atomic mass is 9.80. The Morgan fingerprint density at radius 3 is 2.73 bits per heavy atom. The van der Waals surface area contributed by atoms with E-state index in [1.54, 1.807) is 0 Å². The summed E-state index contributed by atoms with van der Waals surface area (Å²) in [5, 5.41) is 0. The number of amides is 1. The summed E-state index contributed by atoms with van der Waals surface area (Å²) in [6.45, 7) is 3.45. The monoisotopic (exact) mass is 297 g/mol. The quantitative estimate of drug-likeness (QED) is 0.840. The average Bonchev–Trinajstić information content (AvgIpc) is 2.57. The molecule has 2 unspecified atom stereocenters. The first-order valence-corrected chi connectivity index (χ1v) is 8.21. The van der Waals surface area contributed by atoms with E-state index in [0.717, 1.165) is 25.8 Å². The number of Topliss-reactive ketones (excluding diaryl/α,β-unsaturated/α-hetero) is 1. The van der Waals surface area contributed by atoms with Crippen molar-refractivity contribution in [2.45, 2.75) is 32.6 Å². The van der Waals surface area contributed by atoms with Gasteiger partial charge in [0.05, 0.1) is 0 Å². The zero-order chi connectivity index (χ0) is 15.5. The van der Waals surface area contributed by atoms with Crippen molar-refractivity contribution in [3.05, 3.63) is 42.0 Å². The molecule has 0 N–H and O–H groups in total. The van der Waals surface area contributed by atoms with E-state index in [1.807, 2.05) is 30.0 Å². The summed E-state index contributed by atoms with van der Waals surface area (Å²) in [6, 6.07) is 10.3. The number of rotatable bonds is 2. The van der Waals surface area contributed by atoms with E-state index in [1.165, 1.54) is 11.1 Å². The van der Waals surface area contributed by atoms with Gasteiger partial charge in [0.1, 0.15) is 5.78 Å². The van der Waals surface area contributed by atoms with Gasteiger partial charge in [-0.05, 0) is 30.4 Å². The third-order valence-electron chi connectivity index (χ3n) is 4.88. The molecule has 0 spiro atoms. The molecular formula is C19H23NO2. The molecule has 3 nitrogen and oxygen atoms in total. The van der Waals surface area contributed by atoms with Crippen molar-refractivity contribution in [2.75, 3.05) is 13.1 Å². The molecule has 22 heavy (non-hydrogen) atoms. The second-order valence-corrected chi connectivity index (χ2v) is 6.48. The summed E-state index contributed by atoms with van der Waals surface area (Å²) >= 11 is 0. The Bertz CT molecular complexity index is 591. The number of nitrogens with zero attached hydrogens (tertiary/aromatic N) is 1. The summed E-state index contributed by atoms with van der Waals surface area (Å²) in [5.74, 6) is 0.618. The van der Waals surface area contributed by atoms with Crippen LogP contribution in [0, 0.1) is 11.8 Å². The van der Waals surface area contributed by atoms with Crippen molar-refractivity contribution < 1.29 is 9.59 Å². The second-order valence-electron chi connectivity index (χ2n) is 6.48. The molecule has 0 aromatic heterocycles. The van der Waals surface area contributed by atoms with Crippen LogP contribution >= 0.6 is 0 Å². The fraction of sp³-hybridized carbons (Fsp3) is 0.474. The standard InChI is InChI=1S/C19H23NO2/c1-14-12-16(9-10-18(14)21)19(22)20-11-5-8-17(13-20)15-6-3-2-4-7-15/h2-4,6-8,14,16H,5,9-13H2,1H3. The molecule has 1 aromatic carbocycles. The maximum Gasteiger partial charge on any atom is 0.226 e. The van der Waals surface area contributed by atoms with Gasteiger partial charge in [0.15, 0.2) is 0 Å². The van der Waals surface area contributed by atoms with Gasteiger partial charge >= 0.3 is 0 Å². The smallest absolute Gasteiger partial charge is 0.226 e. The highest BCUT2D eigenvalue weighted by atomic mass is 16.2. The van der Waals surface area contributed by atoms with Crippen LogP contribution in [0.4, 0.5) is 0 Å². The lowest BCUT2D eigenvalue weighted by Gasteiger charge is -2.33. The van der Waals surface area contributed by atoms with Crippen LogP contribution < -0.4 is 0 Å². The fourth-order valence-electron chi connectivity index (χ4n) is 3.51. The van der Waals surface area contributed by atoms with Crippen LogP contribution in [-0.2, 0) is 9.59 Å². The van der Waals surface area contributed by atoms with E-state index >= 15 is 0 Å². The van der Waals surface area contributed by atoms with Crippen molar-refractivity contribution in [3.8, 4) is 0 Å². The minimum absolute atomic E-state index is 0.0304. The Labute approximate surface area is 132 Å². The van der Waals surface area contributed by atoms with Gasteiger partial charge in [-0.15, -0.1) is 0 Å². The van der Waals surface area contributed by atoms with E-state index < -0.39 is 0 Å². The van der Waals surface area contributed by atoms with E-state index in [9.17, 15) is 9.59 Å². The molecule has 1 amide bonds. The molecule has 1 aliphatic heterocycles. The first kappa shape index (κ1) is 15.0. The Balaban J connectivity index is 1.67. The molecule has 2 atom stereocenters. The summed E-state index contributed by atoms with van der Waals surface area (Å²) in [6.07, 6.45) is 5.16. The normalized spacial score (nSPS) is 25.8. The number of hydrogen-bond donors (Lipinski definition) is 0. The maximum absolute atomic E-state index is 12.8. The predicted molar refractivity (Wildman–Crippen MR) is 87.1 cm³/mol.